The van der Waals surface area contributed by atoms with Crippen LogP contribution in [-0.2, 0) is 36.9 Å². The fourth-order valence-electron chi connectivity index (χ4n) is 8.55. The Hall–Kier alpha value is -5.72. The lowest BCUT2D eigenvalue weighted by atomic mass is 10.2. The summed E-state index contributed by atoms with van der Waals surface area (Å²) in [5, 5.41) is 27.2. The normalized spacial score (nSPS) is 12.2. The van der Waals surface area contributed by atoms with Crippen molar-refractivity contribution in [2.24, 2.45) is 0 Å². The van der Waals surface area contributed by atoms with Crippen LogP contribution in [0.15, 0.2) is 198 Å². The van der Waals surface area contributed by atoms with Crippen molar-refractivity contribution in [2.45, 2.75) is 80.4 Å². The van der Waals surface area contributed by atoms with Gasteiger partial charge < -0.3 is 8.85 Å². The van der Waals surface area contributed by atoms with Crippen LogP contribution in [-0.4, -0.2) is 34.9 Å². The summed E-state index contributed by atoms with van der Waals surface area (Å²) in [6.07, 6.45) is 0. The third kappa shape index (κ3) is 11.9. The molecule has 0 radical (unpaired) electrons. The van der Waals surface area contributed by atoms with Gasteiger partial charge in [-0.2, -0.15) is 0 Å². The summed E-state index contributed by atoms with van der Waals surface area (Å²) in [5.74, 6) is 0.667. The molecular formula is C53H55ClN2O8S2Si2. The first-order valence-electron chi connectivity index (χ1n) is 21.9. The third-order valence-corrected chi connectivity index (χ3v) is 24.1. The molecular weight excluding hydrogens is 948 g/mol. The van der Waals surface area contributed by atoms with Gasteiger partial charge in [-0.25, -0.2) is 8.42 Å². The zero-order chi connectivity index (χ0) is 49.2. The molecule has 68 heavy (non-hydrogen) atoms. The Balaban J connectivity index is 0.000000226. The van der Waals surface area contributed by atoms with Crippen molar-refractivity contribution in [1.29, 1.82) is 0 Å². The van der Waals surface area contributed by atoms with E-state index in [1.54, 1.807) is 6.07 Å². The Bertz CT molecular complexity index is 2830. The lowest BCUT2D eigenvalue weighted by Crippen LogP contribution is -2.66. The zero-order valence-corrected chi connectivity index (χ0v) is 43.3. The van der Waals surface area contributed by atoms with Crippen molar-refractivity contribution in [3.63, 3.8) is 0 Å². The zero-order valence-electron chi connectivity index (χ0n) is 38.9. The molecule has 0 N–H and O–H groups in total. The summed E-state index contributed by atoms with van der Waals surface area (Å²) in [6, 6.07) is 60.2. The number of nitrogens with zero attached hydrogens (tertiary/aromatic N) is 2. The molecule has 0 unspecified atom stereocenters. The van der Waals surface area contributed by atoms with Gasteiger partial charge in [-0.05, 0) is 71.8 Å². The highest BCUT2D eigenvalue weighted by Crippen LogP contribution is 2.40. The first-order chi connectivity index (χ1) is 32.3. The minimum Gasteiger partial charge on any atom is -0.403 e. The monoisotopic (exact) mass is 1000 g/mol. The Morgan fingerprint density at radius 2 is 0.838 bits per heavy atom. The second-order valence-electron chi connectivity index (χ2n) is 18.2. The van der Waals surface area contributed by atoms with E-state index in [9.17, 15) is 28.6 Å². The SMILES string of the molecule is CC(C)(C)[Si](OCc1ccc([N+](=O)[O-])c(S(=O)(=O)Cl)c1)(c1ccccc1)c1ccccc1.CC(C)(C)[Si](OCc1ccc([N+](=O)[O-])c(SCc2ccccc2)c1)(c1ccccc1)c1ccccc1. The number of nitro benzene ring substituents is 2. The highest BCUT2D eigenvalue weighted by molar-refractivity contribution is 8.13. The lowest BCUT2D eigenvalue weighted by molar-refractivity contribution is -0.388. The molecule has 10 nitrogen and oxygen atoms in total. The molecule has 0 spiro atoms. The van der Waals surface area contributed by atoms with E-state index in [1.807, 2.05) is 91.0 Å². The second kappa shape index (κ2) is 22.1. The molecule has 0 saturated carbocycles. The topological polar surface area (TPSA) is 139 Å². The maximum atomic E-state index is 11.9. The summed E-state index contributed by atoms with van der Waals surface area (Å²) in [6.45, 7) is 13.6. The van der Waals surface area contributed by atoms with E-state index >= 15 is 0 Å². The summed E-state index contributed by atoms with van der Waals surface area (Å²) < 4.78 is 37.7. The van der Waals surface area contributed by atoms with Gasteiger partial charge in [0.2, 0.25) is 0 Å². The highest BCUT2D eigenvalue weighted by Gasteiger charge is 2.51. The first-order valence-corrected chi connectivity index (χ1v) is 29.0. The predicted molar refractivity (Wildman–Crippen MR) is 280 cm³/mol. The van der Waals surface area contributed by atoms with Crippen molar-refractivity contribution < 1.29 is 27.1 Å². The Morgan fingerprint density at radius 3 is 1.18 bits per heavy atom. The molecule has 0 saturated heterocycles. The van der Waals surface area contributed by atoms with Crippen LogP contribution in [0, 0.1) is 20.2 Å². The highest BCUT2D eigenvalue weighted by atomic mass is 35.7. The van der Waals surface area contributed by atoms with Crippen molar-refractivity contribution in [2.75, 3.05) is 0 Å². The van der Waals surface area contributed by atoms with Gasteiger partial charge in [-0.15, -0.1) is 11.8 Å². The van der Waals surface area contributed by atoms with Gasteiger partial charge in [-0.3, -0.25) is 20.2 Å². The van der Waals surface area contributed by atoms with Crippen molar-refractivity contribution in [3.05, 3.63) is 225 Å². The number of hydrogen-bond donors (Lipinski definition) is 0. The van der Waals surface area contributed by atoms with Gasteiger partial charge in [0.15, 0.2) is 4.90 Å². The summed E-state index contributed by atoms with van der Waals surface area (Å²) >= 11 is 1.49. The van der Waals surface area contributed by atoms with Crippen LogP contribution in [0.5, 0.6) is 0 Å². The largest absolute Gasteiger partial charge is 0.403 e. The molecule has 0 fully saturated rings. The van der Waals surface area contributed by atoms with Gasteiger partial charge >= 0.3 is 0 Å². The molecule has 0 amide bonds. The molecule has 7 aromatic carbocycles. The molecule has 0 heterocycles. The number of halogens is 1. The number of benzene rings is 7. The standard InChI is InChI=1S/C30H31NO3SSi.C23H24ClNO5SSi/c1-30(2,3)36(26-15-9-5-10-16-26,27-17-11-6-12-18-27)34-22-25-19-20-28(31(32)33)29(21-25)35-23-24-13-7-4-8-14-24;1-23(2,3)32(19-10-6-4-7-11-19,20-12-8-5-9-13-20)30-17-18-14-15-21(25(26)27)22(16-18)31(24,28)29/h4-21H,22-23H2,1-3H3;4-16H,17H2,1-3H3. The number of thioether (sulfide) groups is 1. The molecule has 7 aromatic rings. The van der Waals surface area contributed by atoms with Crippen LogP contribution in [0.2, 0.25) is 10.1 Å². The number of rotatable bonds is 16. The smallest absolute Gasteiger partial charge is 0.289 e. The Labute approximate surface area is 410 Å². The number of hydrogen-bond acceptors (Lipinski definition) is 9. The van der Waals surface area contributed by atoms with E-state index in [0.717, 1.165) is 27.6 Å². The minimum atomic E-state index is -4.30. The lowest BCUT2D eigenvalue weighted by Gasteiger charge is -2.43. The summed E-state index contributed by atoms with van der Waals surface area (Å²) in [7, 11) is -4.38. The molecule has 7 rings (SSSR count). The van der Waals surface area contributed by atoms with Crippen LogP contribution in [0.3, 0.4) is 0 Å². The quantitative estimate of drug-likeness (QED) is 0.0304. The molecule has 0 aliphatic carbocycles. The maximum absolute atomic E-state index is 11.9. The van der Waals surface area contributed by atoms with E-state index in [0.29, 0.717) is 22.8 Å². The predicted octanol–water partition coefficient (Wildman–Crippen LogP) is 11.6. The molecule has 0 aromatic heterocycles. The van der Waals surface area contributed by atoms with Crippen molar-refractivity contribution in [3.8, 4) is 0 Å². The van der Waals surface area contributed by atoms with Gasteiger partial charge in [0.1, 0.15) is 0 Å². The van der Waals surface area contributed by atoms with E-state index in [2.05, 4.69) is 114 Å². The second-order valence-corrected chi connectivity index (χ2v) is 30.4. The van der Waals surface area contributed by atoms with Crippen molar-refractivity contribution in [1.82, 2.24) is 0 Å². The molecule has 0 bridgehead atoms. The van der Waals surface area contributed by atoms with E-state index in [4.69, 9.17) is 19.5 Å². The fourth-order valence-corrected chi connectivity index (χ4v) is 19.7. The average molecular weight is 1000 g/mol. The van der Waals surface area contributed by atoms with E-state index in [-0.39, 0.29) is 27.3 Å². The Kier molecular flexibility index (Phi) is 16.8. The van der Waals surface area contributed by atoms with Gasteiger partial charge in [0.25, 0.3) is 37.1 Å². The Morgan fingerprint density at radius 1 is 0.500 bits per heavy atom. The first kappa shape index (κ1) is 51.7. The van der Waals surface area contributed by atoms with Crippen LogP contribution in [0.1, 0.15) is 58.2 Å². The summed E-state index contributed by atoms with van der Waals surface area (Å²) in [5.41, 5.74) is 2.12. The number of nitro groups is 2. The van der Waals surface area contributed by atoms with Crippen molar-refractivity contribution >= 4 is 80.3 Å². The molecule has 0 atom stereocenters. The fraction of sp³-hybridized carbons (Fsp3) is 0.208. The van der Waals surface area contributed by atoms with E-state index in [1.165, 1.54) is 34.3 Å². The average Bonchev–Trinajstić information content (AvgIpc) is 3.32. The van der Waals surface area contributed by atoms with Gasteiger partial charge in [-0.1, -0.05) is 193 Å². The molecule has 0 aliphatic rings. The maximum Gasteiger partial charge on any atom is 0.289 e. The minimum absolute atomic E-state index is 0.0741. The van der Waals surface area contributed by atoms with Crippen LogP contribution in [0.25, 0.3) is 0 Å². The molecule has 15 heteroatoms. The van der Waals surface area contributed by atoms with Gasteiger partial charge in [0, 0.05) is 28.6 Å². The van der Waals surface area contributed by atoms with Crippen LogP contribution >= 0.6 is 22.4 Å². The van der Waals surface area contributed by atoms with Crippen LogP contribution < -0.4 is 20.7 Å². The van der Waals surface area contributed by atoms with E-state index < -0.39 is 41.2 Å². The van der Waals surface area contributed by atoms with Gasteiger partial charge in [0.05, 0.1) is 28.0 Å². The van der Waals surface area contributed by atoms with Crippen LogP contribution in [0.4, 0.5) is 11.4 Å². The molecule has 352 valence electrons. The third-order valence-electron chi connectivity index (χ3n) is 11.7. The molecule has 0 aliphatic heterocycles. The summed E-state index contributed by atoms with van der Waals surface area (Å²) in [4.78, 5) is 22.0.